The summed E-state index contributed by atoms with van der Waals surface area (Å²) in [4.78, 5) is 38.3. The van der Waals surface area contributed by atoms with Gasteiger partial charge in [0.2, 0.25) is 17.7 Å². The van der Waals surface area contributed by atoms with Gasteiger partial charge in [-0.15, -0.1) is 0 Å². The summed E-state index contributed by atoms with van der Waals surface area (Å²) in [5.74, 6) is -0.208. The number of rotatable bonds is 6. The lowest BCUT2D eigenvalue weighted by Crippen LogP contribution is -2.45. The summed E-state index contributed by atoms with van der Waals surface area (Å²) in [6, 6.07) is 1.61. The molecule has 0 aliphatic carbocycles. The Morgan fingerprint density at radius 3 is 2.85 bits per heavy atom. The highest BCUT2D eigenvalue weighted by atomic mass is 16.5. The first kappa shape index (κ1) is 20.9. The summed E-state index contributed by atoms with van der Waals surface area (Å²) in [7, 11) is 3.15. The van der Waals surface area contributed by atoms with E-state index in [2.05, 4.69) is 15.8 Å². The van der Waals surface area contributed by atoms with Crippen molar-refractivity contribution in [1.82, 2.24) is 20.7 Å². The second-order valence-corrected chi connectivity index (χ2v) is 6.95. The molecule has 0 saturated carbocycles. The topological polar surface area (TPSA) is 114 Å². The van der Waals surface area contributed by atoms with Crippen molar-refractivity contribution in [3.63, 3.8) is 0 Å². The van der Waals surface area contributed by atoms with Crippen molar-refractivity contribution in [2.24, 2.45) is 5.92 Å². The van der Waals surface area contributed by atoms with Gasteiger partial charge in [-0.25, -0.2) is 0 Å². The number of nitrogens with zero attached hydrogens (tertiary/aromatic N) is 2. The number of nitrogens with one attached hydrogen (secondary N) is 2. The maximum absolute atomic E-state index is 12.5. The molecule has 9 nitrogen and oxygen atoms in total. The first-order chi connectivity index (χ1) is 12.9. The highest BCUT2D eigenvalue weighted by molar-refractivity contribution is 5.85. The third kappa shape index (κ3) is 6.67. The van der Waals surface area contributed by atoms with Crippen LogP contribution >= 0.6 is 0 Å². The molecule has 0 unspecified atom stereocenters. The normalized spacial score (nSPS) is 21.1. The van der Waals surface area contributed by atoms with Crippen LogP contribution in [0, 0.1) is 12.8 Å². The Balaban J connectivity index is 1.92. The molecule has 150 valence electrons. The molecule has 1 aliphatic heterocycles. The number of amides is 3. The van der Waals surface area contributed by atoms with Crippen LogP contribution in [0.1, 0.15) is 37.1 Å². The van der Waals surface area contributed by atoms with Gasteiger partial charge in [-0.1, -0.05) is 11.6 Å². The molecule has 1 fully saturated rings. The van der Waals surface area contributed by atoms with Gasteiger partial charge in [0, 0.05) is 45.1 Å². The molecule has 1 saturated heterocycles. The van der Waals surface area contributed by atoms with Gasteiger partial charge < -0.3 is 24.8 Å². The van der Waals surface area contributed by atoms with Crippen LogP contribution in [0.5, 0.6) is 0 Å². The van der Waals surface area contributed by atoms with Crippen LogP contribution < -0.4 is 10.6 Å². The van der Waals surface area contributed by atoms with Crippen LogP contribution in [0.2, 0.25) is 0 Å². The predicted molar refractivity (Wildman–Crippen MR) is 96.5 cm³/mol. The molecular formula is C18H28N4O5. The van der Waals surface area contributed by atoms with Gasteiger partial charge in [0.1, 0.15) is 18.1 Å². The fraction of sp³-hybridized carbons (Fsp3) is 0.667. The van der Waals surface area contributed by atoms with E-state index in [0.717, 1.165) is 6.42 Å². The van der Waals surface area contributed by atoms with Crippen molar-refractivity contribution in [2.75, 3.05) is 27.3 Å². The minimum Gasteiger partial charge on any atom is -0.375 e. The number of aryl methyl sites for hydroxylation is 1. The van der Waals surface area contributed by atoms with Crippen LogP contribution in [-0.2, 0) is 25.7 Å². The standard InChI is InChI=1S/C18H28N4O5/c1-12-7-15(21-27-12)9-19-18(25)13-5-4-6-14(20-16(23)11-26-3)10-22(2)17(24)8-13/h7,13-14H,4-6,8-11H2,1-3H3,(H,19,25)(H,20,23)/t13-,14-/m1/s1. The van der Waals surface area contributed by atoms with E-state index in [1.807, 2.05) is 0 Å². The molecule has 2 N–H and O–H groups in total. The first-order valence-corrected chi connectivity index (χ1v) is 9.11. The zero-order chi connectivity index (χ0) is 19.8. The minimum absolute atomic E-state index is 0.0132. The molecule has 0 radical (unpaired) electrons. The first-order valence-electron chi connectivity index (χ1n) is 9.11. The van der Waals surface area contributed by atoms with Crippen molar-refractivity contribution in [3.05, 3.63) is 17.5 Å². The van der Waals surface area contributed by atoms with Crippen LogP contribution in [-0.4, -0.2) is 61.1 Å². The Labute approximate surface area is 158 Å². The van der Waals surface area contributed by atoms with E-state index in [0.29, 0.717) is 30.8 Å². The predicted octanol–water partition coefficient (Wildman–Crippen LogP) is 0.379. The van der Waals surface area contributed by atoms with Crippen molar-refractivity contribution in [3.8, 4) is 0 Å². The number of carbonyl (C=O) groups excluding carboxylic acids is 3. The molecule has 3 amide bonds. The summed E-state index contributed by atoms with van der Waals surface area (Å²) in [5, 5.41) is 9.56. The fourth-order valence-corrected chi connectivity index (χ4v) is 3.17. The molecule has 1 aromatic rings. The van der Waals surface area contributed by atoms with E-state index in [1.54, 1.807) is 24.9 Å². The Morgan fingerprint density at radius 1 is 1.41 bits per heavy atom. The van der Waals surface area contributed by atoms with E-state index in [1.165, 1.54) is 7.11 Å². The molecule has 0 bridgehead atoms. The Bertz CT molecular complexity index is 660. The second-order valence-electron chi connectivity index (χ2n) is 6.95. The van der Waals surface area contributed by atoms with E-state index in [4.69, 9.17) is 9.26 Å². The van der Waals surface area contributed by atoms with Crippen LogP contribution in [0.3, 0.4) is 0 Å². The monoisotopic (exact) mass is 380 g/mol. The van der Waals surface area contributed by atoms with Gasteiger partial charge >= 0.3 is 0 Å². The van der Waals surface area contributed by atoms with Crippen molar-refractivity contribution in [1.29, 1.82) is 0 Å². The van der Waals surface area contributed by atoms with Gasteiger partial charge in [0.25, 0.3) is 0 Å². The number of aromatic nitrogens is 1. The Kier molecular flexibility index (Phi) is 7.78. The van der Waals surface area contributed by atoms with Crippen LogP contribution in [0.4, 0.5) is 0 Å². The average Bonchev–Trinajstić information content (AvgIpc) is 3.05. The summed E-state index contributed by atoms with van der Waals surface area (Å²) in [6.45, 7) is 2.46. The molecule has 0 aromatic carbocycles. The highest BCUT2D eigenvalue weighted by Gasteiger charge is 2.27. The summed E-state index contributed by atoms with van der Waals surface area (Å²) < 4.78 is 9.81. The fourth-order valence-electron chi connectivity index (χ4n) is 3.17. The van der Waals surface area contributed by atoms with E-state index in [9.17, 15) is 14.4 Å². The molecule has 1 aliphatic rings. The second kappa shape index (κ2) is 10.1. The lowest BCUT2D eigenvalue weighted by atomic mass is 9.96. The number of carbonyl (C=O) groups is 3. The van der Waals surface area contributed by atoms with E-state index < -0.39 is 5.92 Å². The SMILES string of the molecule is COCC(=O)N[C@@H]1CCC[C@@H](C(=O)NCc2cc(C)on2)CC(=O)N(C)C1. The summed E-state index contributed by atoms with van der Waals surface area (Å²) in [5.41, 5.74) is 0.647. The quantitative estimate of drug-likeness (QED) is 0.737. The number of hydrogen-bond donors (Lipinski definition) is 2. The van der Waals surface area contributed by atoms with Gasteiger partial charge in [-0.05, 0) is 19.8 Å². The molecule has 2 rings (SSSR count). The van der Waals surface area contributed by atoms with Crippen molar-refractivity contribution in [2.45, 2.75) is 45.2 Å². The lowest BCUT2D eigenvalue weighted by molar-refractivity contribution is -0.135. The minimum atomic E-state index is -0.402. The maximum Gasteiger partial charge on any atom is 0.246 e. The summed E-state index contributed by atoms with van der Waals surface area (Å²) >= 11 is 0. The van der Waals surface area contributed by atoms with Gasteiger partial charge in [-0.3, -0.25) is 14.4 Å². The van der Waals surface area contributed by atoms with Crippen molar-refractivity contribution < 1.29 is 23.6 Å². The van der Waals surface area contributed by atoms with Gasteiger partial charge in [0.15, 0.2) is 0 Å². The van der Waals surface area contributed by atoms with Crippen molar-refractivity contribution >= 4 is 17.7 Å². The van der Waals surface area contributed by atoms with Gasteiger partial charge in [0.05, 0.1) is 6.54 Å². The largest absolute Gasteiger partial charge is 0.375 e. The molecule has 2 atom stereocenters. The van der Waals surface area contributed by atoms with Crippen LogP contribution in [0.25, 0.3) is 0 Å². The third-order valence-electron chi connectivity index (χ3n) is 4.58. The zero-order valence-electron chi connectivity index (χ0n) is 16.1. The van der Waals surface area contributed by atoms with Crippen LogP contribution in [0.15, 0.2) is 10.6 Å². The number of methoxy groups -OCH3 is 1. The maximum atomic E-state index is 12.5. The number of likely N-dealkylation sites (N-methyl/N-ethyl adjacent to an activating group) is 1. The average molecular weight is 380 g/mol. The Hall–Kier alpha value is -2.42. The Morgan fingerprint density at radius 2 is 2.19 bits per heavy atom. The molecule has 27 heavy (non-hydrogen) atoms. The van der Waals surface area contributed by atoms with E-state index in [-0.39, 0.29) is 43.3 Å². The van der Waals surface area contributed by atoms with Gasteiger partial charge in [-0.2, -0.15) is 0 Å². The molecular weight excluding hydrogens is 352 g/mol. The number of hydrogen-bond acceptors (Lipinski definition) is 6. The summed E-state index contributed by atoms with van der Waals surface area (Å²) in [6.07, 6.45) is 2.17. The third-order valence-corrected chi connectivity index (χ3v) is 4.58. The molecule has 0 spiro atoms. The lowest BCUT2D eigenvalue weighted by Gasteiger charge is -2.24. The highest BCUT2D eigenvalue weighted by Crippen LogP contribution is 2.19. The molecule has 9 heteroatoms. The smallest absolute Gasteiger partial charge is 0.246 e. The zero-order valence-corrected chi connectivity index (χ0v) is 16.1. The van der Waals surface area contributed by atoms with E-state index >= 15 is 0 Å². The molecule has 2 heterocycles. The number of ether oxygens (including phenoxy) is 1. The molecule has 1 aromatic heterocycles.